The summed E-state index contributed by atoms with van der Waals surface area (Å²) in [5.74, 6) is 0. The van der Waals surface area contributed by atoms with Crippen LogP contribution in [0.3, 0.4) is 0 Å². The Morgan fingerprint density at radius 2 is 1.58 bits per heavy atom. The van der Waals surface area contributed by atoms with Crippen molar-refractivity contribution in [1.29, 1.82) is 0 Å². The molecule has 2 saturated heterocycles. The minimum absolute atomic E-state index is 0.683. The molecular formula is C15H32N4. The number of rotatable bonds is 6. The fourth-order valence-electron chi connectivity index (χ4n) is 3.47. The highest BCUT2D eigenvalue weighted by Gasteiger charge is 2.25. The van der Waals surface area contributed by atoms with Crippen molar-refractivity contribution in [1.82, 2.24) is 14.7 Å². The van der Waals surface area contributed by atoms with E-state index in [9.17, 15) is 0 Å². The second-order valence-corrected chi connectivity index (χ2v) is 6.06. The highest BCUT2D eigenvalue weighted by molar-refractivity contribution is 4.82. The smallest absolute Gasteiger partial charge is 0.0236 e. The second kappa shape index (κ2) is 8.20. The summed E-state index contributed by atoms with van der Waals surface area (Å²) in [6, 6.07) is 0.683. The SMILES string of the molecule is CCN1CCN(C(CCN)CN2CCCCC2)CC1. The van der Waals surface area contributed by atoms with Crippen LogP contribution in [0.4, 0.5) is 0 Å². The topological polar surface area (TPSA) is 35.7 Å². The van der Waals surface area contributed by atoms with Crippen LogP contribution in [-0.2, 0) is 0 Å². The van der Waals surface area contributed by atoms with Crippen LogP contribution in [0.2, 0.25) is 0 Å². The maximum Gasteiger partial charge on any atom is 0.0236 e. The average molecular weight is 268 g/mol. The van der Waals surface area contributed by atoms with Crippen LogP contribution in [0, 0.1) is 0 Å². The molecule has 2 fully saturated rings. The van der Waals surface area contributed by atoms with Gasteiger partial charge in [-0.05, 0) is 45.4 Å². The lowest BCUT2D eigenvalue weighted by Gasteiger charge is -2.41. The van der Waals surface area contributed by atoms with E-state index in [1.54, 1.807) is 0 Å². The van der Waals surface area contributed by atoms with Crippen molar-refractivity contribution in [2.45, 2.75) is 38.6 Å². The monoisotopic (exact) mass is 268 g/mol. The normalized spacial score (nSPS) is 25.6. The molecule has 1 unspecified atom stereocenters. The van der Waals surface area contributed by atoms with Gasteiger partial charge in [0, 0.05) is 38.8 Å². The Balaban J connectivity index is 1.81. The van der Waals surface area contributed by atoms with E-state index >= 15 is 0 Å². The van der Waals surface area contributed by atoms with E-state index < -0.39 is 0 Å². The summed E-state index contributed by atoms with van der Waals surface area (Å²) >= 11 is 0. The first-order valence-electron chi connectivity index (χ1n) is 8.22. The molecule has 2 aliphatic rings. The number of hydrogen-bond acceptors (Lipinski definition) is 4. The van der Waals surface area contributed by atoms with Crippen molar-refractivity contribution in [2.75, 3.05) is 58.9 Å². The molecule has 0 spiro atoms. The summed E-state index contributed by atoms with van der Waals surface area (Å²) in [7, 11) is 0. The van der Waals surface area contributed by atoms with Gasteiger partial charge in [-0.25, -0.2) is 0 Å². The zero-order valence-electron chi connectivity index (χ0n) is 12.7. The van der Waals surface area contributed by atoms with Gasteiger partial charge in [-0.1, -0.05) is 13.3 Å². The number of likely N-dealkylation sites (tertiary alicyclic amines) is 1. The van der Waals surface area contributed by atoms with Crippen LogP contribution in [0.5, 0.6) is 0 Å². The molecule has 0 aromatic rings. The molecule has 0 bridgehead atoms. The van der Waals surface area contributed by atoms with E-state index in [0.29, 0.717) is 6.04 Å². The summed E-state index contributed by atoms with van der Waals surface area (Å²) in [5.41, 5.74) is 5.84. The standard InChI is InChI=1S/C15H32N4/c1-2-17-10-12-19(13-11-17)15(6-7-16)14-18-8-4-3-5-9-18/h15H,2-14,16H2,1H3. The Kier molecular flexibility index (Phi) is 6.57. The van der Waals surface area contributed by atoms with Gasteiger partial charge in [0.05, 0.1) is 0 Å². The quantitative estimate of drug-likeness (QED) is 0.774. The van der Waals surface area contributed by atoms with E-state index in [-0.39, 0.29) is 0 Å². The third kappa shape index (κ3) is 4.71. The van der Waals surface area contributed by atoms with Gasteiger partial charge in [0.15, 0.2) is 0 Å². The van der Waals surface area contributed by atoms with Crippen molar-refractivity contribution >= 4 is 0 Å². The van der Waals surface area contributed by atoms with Crippen LogP contribution in [0.1, 0.15) is 32.6 Å². The molecule has 0 saturated carbocycles. The van der Waals surface area contributed by atoms with Crippen LogP contribution < -0.4 is 5.73 Å². The molecule has 0 aromatic heterocycles. The highest BCUT2D eigenvalue weighted by Crippen LogP contribution is 2.14. The molecule has 0 radical (unpaired) electrons. The molecule has 19 heavy (non-hydrogen) atoms. The summed E-state index contributed by atoms with van der Waals surface area (Å²) < 4.78 is 0. The van der Waals surface area contributed by atoms with Gasteiger partial charge >= 0.3 is 0 Å². The van der Waals surface area contributed by atoms with Gasteiger partial charge in [0.2, 0.25) is 0 Å². The maximum absolute atomic E-state index is 5.84. The molecule has 2 aliphatic heterocycles. The van der Waals surface area contributed by atoms with Crippen molar-refractivity contribution in [3.63, 3.8) is 0 Å². The minimum atomic E-state index is 0.683. The molecule has 2 N–H and O–H groups in total. The largest absolute Gasteiger partial charge is 0.330 e. The number of hydrogen-bond donors (Lipinski definition) is 1. The third-order valence-corrected chi connectivity index (χ3v) is 4.79. The van der Waals surface area contributed by atoms with Gasteiger partial charge in [-0.15, -0.1) is 0 Å². The molecule has 0 aromatic carbocycles. The van der Waals surface area contributed by atoms with E-state index in [0.717, 1.165) is 13.0 Å². The van der Waals surface area contributed by atoms with Crippen molar-refractivity contribution in [3.05, 3.63) is 0 Å². The van der Waals surface area contributed by atoms with Gasteiger partial charge in [-0.2, -0.15) is 0 Å². The summed E-state index contributed by atoms with van der Waals surface area (Å²) in [5, 5.41) is 0. The minimum Gasteiger partial charge on any atom is -0.330 e. The fraction of sp³-hybridized carbons (Fsp3) is 1.00. The van der Waals surface area contributed by atoms with E-state index in [2.05, 4.69) is 21.6 Å². The van der Waals surface area contributed by atoms with Crippen molar-refractivity contribution < 1.29 is 0 Å². The van der Waals surface area contributed by atoms with Crippen molar-refractivity contribution in [3.8, 4) is 0 Å². The first-order valence-corrected chi connectivity index (χ1v) is 8.22. The molecule has 2 rings (SSSR count). The Bertz CT molecular complexity index is 232. The average Bonchev–Trinajstić information content (AvgIpc) is 2.48. The molecule has 4 nitrogen and oxygen atoms in total. The lowest BCUT2D eigenvalue weighted by molar-refractivity contribution is 0.0695. The first-order chi connectivity index (χ1) is 9.33. The molecule has 1 atom stereocenters. The van der Waals surface area contributed by atoms with Crippen LogP contribution >= 0.6 is 0 Å². The molecule has 0 aliphatic carbocycles. The first kappa shape index (κ1) is 15.2. The highest BCUT2D eigenvalue weighted by atomic mass is 15.3. The van der Waals surface area contributed by atoms with Gasteiger partial charge in [0.1, 0.15) is 0 Å². The third-order valence-electron chi connectivity index (χ3n) is 4.79. The number of piperidine rings is 1. The van der Waals surface area contributed by atoms with Crippen LogP contribution in [0.25, 0.3) is 0 Å². The number of nitrogens with two attached hydrogens (primary N) is 1. The Morgan fingerprint density at radius 1 is 0.895 bits per heavy atom. The lowest BCUT2D eigenvalue weighted by Crippen LogP contribution is -2.54. The van der Waals surface area contributed by atoms with E-state index in [4.69, 9.17) is 5.73 Å². The Labute approximate surface area is 118 Å². The van der Waals surface area contributed by atoms with Gasteiger partial charge in [-0.3, -0.25) is 4.90 Å². The Morgan fingerprint density at radius 3 is 2.16 bits per heavy atom. The predicted octanol–water partition coefficient (Wildman–Crippen LogP) is 0.827. The summed E-state index contributed by atoms with van der Waals surface area (Å²) in [6.07, 6.45) is 5.35. The molecule has 4 heteroatoms. The Hall–Kier alpha value is -0.160. The summed E-state index contributed by atoms with van der Waals surface area (Å²) in [4.78, 5) is 7.90. The zero-order chi connectivity index (χ0) is 13.5. The van der Waals surface area contributed by atoms with Crippen LogP contribution in [-0.4, -0.2) is 79.6 Å². The summed E-state index contributed by atoms with van der Waals surface area (Å²) in [6.45, 7) is 13.1. The fourth-order valence-corrected chi connectivity index (χ4v) is 3.47. The van der Waals surface area contributed by atoms with Crippen LogP contribution in [0.15, 0.2) is 0 Å². The zero-order valence-corrected chi connectivity index (χ0v) is 12.7. The lowest BCUT2D eigenvalue weighted by atomic mass is 10.1. The van der Waals surface area contributed by atoms with E-state index in [1.165, 1.54) is 71.6 Å². The predicted molar refractivity (Wildman–Crippen MR) is 81.4 cm³/mol. The van der Waals surface area contributed by atoms with Crippen molar-refractivity contribution in [2.24, 2.45) is 5.73 Å². The number of nitrogens with zero attached hydrogens (tertiary/aromatic N) is 3. The maximum atomic E-state index is 5.84. The molecule has 2 heterocycles. The van der Waals surface area contributed by atoms with Gasteiger partial charge < -0.3 is 15.5 Å². The second-order valence-electron chi connectivity index (χ2n) is 6.06. The number of piperazine rings is 1. The molecule has 0 amide bonds. The molecule has 112 valence electrons. The van der Waals surface area contributed by atoms with E-state index in [1.807, 2.05) is 0 Å². The van der Waals surface area contributed by atoms with Gasteiger partial charge in [0.25, 0.3) is 0 Å². The number of likely N-dealkylation sites (N-methyl/N-ethyl adjacent to an activating group) is 1. The molecular weight excluding hydrogens is 236 g/mol.